The lowest BCUT2D eigenvalue weighted by molar-refractivity contribution is -0.242. The molecule has 1 amide bonds. The van der Waals surface area contributed by atoms with Crippen LogP contribution in [0.3, 0.4) is 0 Å². The van der Waals surface area contributed by atoms with Crippen molar-refractivity contribution in [2.24, 2.45) is 0 Å². The van der Waals surface area contributed by atoms with Gasteiger partial charge in [0, 0.05) is 46.6 Å². The summed E-state index contributed by atoms with van der Waals surface area (Å²) in [6.07, 6.45) is -5.99. The Morgan fingerprint density at radius 1 is 0.829 bits per heavy atom. The summed E-state index contributed by atoms with van der Waals surface area (Å²) >= 11 is 0. The van der Waals surface area contributed by atoms with Crippen molar-refractivity contribution in [3.63, 3.8) is 0 Å². The van der Waals surface area contributed by atoms with Crippen LogP contribution in [-0.4, -0.2) is 86.0 Å². The zero-order valence-corrected chi connectivity index (χ0v) is 23.6. The van der Waals surface area contributed by atoms with Crippen molar-refractivity contribution in [3.8, 4) is 11.8 Å². The van der Waals surface area contributed by atoms with Crippen LogP contribution in [0.4, 0.5) is 0 Å². The highest BCUT2D eigenvalue weighted by Crippen LogP contribution is 2.29. The summed E-state index contributed by atoms with van der Waals surface area (Å²) in [5.41, 5.74) is 1.22. The van der Waals surface area contributed by atoms with E-state index >= 15 is 0 Å². The van der Waals surface area contributed by atoms with Crippen molar-refractivity contribution in [1.29, 1.82) is 0 Å². The predicted molar refractivity (Wildman–Crippen MR) is 139 cm³/mol. The molecule has 41 heavy (non-hydrogen) atoms. The number of amides is 1. The first kappa shape index (κ1) is 32.8. The third-order valence-electron chi connectivity index (χ3n) is 5.61. The van der Waals surface area contributed by atoms with Crippen molar-refractivity contribution in [3.05, 3.63) is 35.4 Å². The number of hydrogen-bond acceptors (Lipinski definition) is 12. The van der Waals surface area contributed by atoms with Gasteiger partial charge < -0.3 is 33.7 Å². The summed E-state index contributed by atoms with van der Waals surface area (Å²) in [5.74, 6) is 1.93. The number of benzene rings is 1. The highest BCUT2D eigenvalue weighted by molar-refractivity contribution is 5.83. The molecule has 13 nitrogen and oxygen atoms in total. The fourth-order valence-corrected chi connectivity index (χ4v) is 4.04. The van der Waals surface area contributed by atoms with Gasteiger partial charge in [0.05, 0.1) is 7.11 Å². The Balaban J connectivity index is 2.39. The first-order valence-corrected chi connectivity index (χ1v) is 12.6. The topological polar surface area (TPSA) is 170 Å². The Hall–Kier alpha value is -4.44. The molecule has 0 radical (unpaired) electrons. The Morgan fingerprint density at radius 2 is 1.39 bits per heavy atom. The lowest BCUT2D eigenvalue weighted by atomic mass is 9.94. The lowest BCUT2D eigenvalue weighted by Crippen LogP contribution is -2.62. The van der Waals surface area contributed by atoms with Crippen LogP contribution in [0, 0.1) is 11.8 Å². The molecule has 0 unspecified atom stereocenters. The van der Waals surface area contributed by atoms with Crippen LogP contribution in [0.2, 0.25) is 0 Å². The highest BCUT2D eigenvalue weighted by atomic mass is 16.7. The van der Waals surface area contributed by atoms with Gasteiger partial charge in [-0.15, -0.1) is 0 Å². The van der Waals surface area contributed by atoms with Crippen molar-refractivity contribution in [1.82, 2.24) is 5.32 Å². The summed E-state index contributed by atoms with van der Waals surface area (Å²) in [6, 6.07) is 5.86. The van der Waals surface area contributed by atoms with E-state index in [4.69, 9.17) is 28.4 Å². The molecule has 1 fully saturated rings. The smallest absolute Gasteiger partial charge is 0.328 e. The molecule has 6 atom stereocenters. The van der Waals surface area contributed by atoms with Gasteiger partial charge in [0.1, 0.15) is 18.8 Å². The van der Waals surface area contributed by atoms with Crippen LogP contribution >= 0.6 is 0 Å². The number of carbonyl (C=O) groups is 6. The van der Waals surface area contributed by atoms with Gasteiger partial charge >= 0.3 is 29.8 Å². The number of nitrogens with one attached hydrogen (secondary N) is 1. The van der Waals surface area contributed by atoms with Crippen LogP contribution in [0.5, 0.6) is 0 Å². The maximum absolute atomic E-state index is 12.0. The molecule has 1 heterocycles. The summed E-state index contributed by atoms with van der Waals surface area (Å²) in [5, 5.41) is 2.54. The van der Waals surface area contributed by atoms with Crippen molar-refractivity contribution in [2.45, 2.75) is 77.6 Å². The monoisotopic (exact) mass is 575 g/mol. The first-order chi connectivity index (χ1) is 19.3. The Morgan fingerprint density at radius 3 is 1.90 bits per heavy atom. The second kappa shape index (κ2) is 15.4. The minimum absolute atomic E-state index is 0.180. The molecule has 1 saturated heterocycles. The molecule has 1 aromatic carbocycles. The van der Waals surface area contributed by atoms with Gasteiger partial charge in [0.15, 0.2) is 24.4 Å². The second-order valence-electron chi connectivity index (χ2n) is 9.07. The van der Waals surface area contributed by atoms with Gasteiger partial charge in [-0.2, -0.15) is 0 Å². The molecule has 0 aromatic heterocycles. The van der Waals surface area contributed by atoms with Crippen molar-refractivity contribution in [2.75, 3.05) is 13.7 Å². The van der Waals surface area contributed by atoms with Crippen LogP contribution in [0.15, 0.2) is 24.3 Å². The van der Waals surface area contributed by atoms with Crippen molar-refractivity contribution < 1.29 is 57.2 Å². The molecule has 1 aliphatic rings. The van der Waals surface area contributed by atoms with Gasteiger partial charge in [-0.25, -0.2) is 4.79 Å². The maximum atomic E-state index is 12.0. The van der Waals surface area contributed by atoms with Gasteiger partial charge in [-0.3, -0.25) is 24.0 Å². The Bertz CT molecular complexity index is 1200. The third kappa shape index (κ3) is 10.6. The van der Waals surface area contributed by atoms with E-state index in [2.05, 4.69) is 17.2 Å². The number of ether oxygens (including phenoxy) is 6. The molecular formula is C28H33NO12. The maximum Gasteiger partial charge on any atom is 0.328 e. The van der Waals surface area contributed by atoms with E-state index in [9.17, 15) is 28.8 Å². The predicted octanol–water partition coefficient (Wildman–Crippen LogP) is 0.384. The Labute approximate surface area is 237 Å². The number of carbonyl (C=O) groups excluding carboxylic acids is 6. The summed E-state index contributed by atoms with van der Waals surface area (Å²) in [7, 11) is 1.23. The molecule has 0 saturated carbocycles. The average Bonchev–Trinajstić information content (AvgIpc) is 2.88. The van der Waals surface area contributed by atoms with Crippen LogP contribution in [0.1, 0.15) is 45.7 Å². The van der Waals surface area contributed by atoms with E-state index in [-0.39, 0.29) is 18.9 Å². The molecule has 1 aliphatic heterocycles. The zero-order chi connectivity index (χ0) is 30.7. The quantitative estimate of drug-likeness (QED) is 0.244. The van der Waals surface area contributed by atoms with Gasteiger partial charge in [0.2, 0.25) is 5.91 Å². The molecule has 13 heteroatoms. The van der Waals surface area contributed by atoms with E-state index in [1.54, 1.807) is 24.3 Å². The molecule has 2 rings (SSSR count). The van der Waals surface area contributed by atoms with Crippen LogP contribution in [0.25, 0.3) is 0 Å². The fourth-order valence-electron chi connectivity index (χ4n) is 4.04. The zero-order valence-electron chi connectivity index (χ0n) is 23.6. The minimum Gasteiger partial charge on any atom is -0.467 e. The number of rotatable bonds is 9. The largest absolute Gasteiger partial charge is 0.467 e. The minimum atomic E-state index is -1.32. The van der Waals surface area contributed by atoms with Crippen molar-refractivity contribution >= 4 is 35.8 Å². The SMILES string of the molecule is COC(=O)[C@@H](Cc1ccc(C#C[C@@H]2O[C@H](COC(C)=O)[C@@H](OC(C)=O)[C@H](OC(C)=O)[C@@H]2OC(C)=O)cc1)NC(C)=O. The summed E-state index contributed by atoms with van der Waals surface area (Å²) in [6.45, 7) is 5.52. The third-order valence-corrected chi connectivity index (χ3v) is 5.61. The Kier molecular flexibility index (Phi) is 12.3. The van der Waals surface area contributed by atoms with Crippen LogP contribution in [-0.2, 0) is 63.6 Å². The molecular weight excluding hydrogens is 542 g/mol. The van der Waals surface area contributed by atoms with Gasteiger partial charge in [-0.1, -0.05) is 24.0 Å². The van der Waals surface area contributed by atoms with Gasteiger partial charge in [0.25, 0.3) is 0 Å². The van der Waals surface area contributed by atoms with E-state index in [0.29, 0.717) is 11.1 Å². The highest BCUT2D eigenvalue weighted by Gasteiger charge is 2.51. The molecule has 0 bridgehead atoms. The van der Waals surface area contributed by atoms with Crippen LogP contribution < -0.4 is 5.32 Å². The van der Waals surface area contributed by atoms with E-state index in [0.717, 1.165) is 20.8 Å². The molecule has 0 aliphatic carbocycles. The average molecular weight is 576 g/mol. The van der Waals surface area contributed by atoms with Gasteiger partial charge in [-0.05, 0) is 17.7 Å². The standard InChI is InChI=1S/C28H33NO12/c1-15(30)29-22(28(35)36-6)13-21-9-7-20(8-10-21)11-12-23-25(38-17(3)32)27(40-19(5)34)26(39-18(4)33)24(41-23)14-37-16(2)31/h7-10,22-27H,13-14H2,1-6H3,(H,29,30)/t22-,23+,24-,25-,26-,27-/m1/s1. The van der Waals surface area contributed by atoms with E-state index < -0.39 is 66.4 Å². The van der Waals surface area contributed by atoms with E-state index in [1.807, 2.05) is 0 Å². The van der Waals surface area contributed by atoms with E-state index in [1.165, 1.54) is 21.0 Å². The fraction of sp³-hybridized carbons (Fsp3) is 0.500. The normalized spacial score (nSPS) is 22.0. The molecule has 222 valence electrons. The number of esters is 5. The lowest BCUT2D eigenvalue weighted by Gasteiger charge is -2.42. The second-order valence-corrected chi connectivity index (χ2v) is 9.07. The number of hydrogen-bond donors (Lipinski definition) is 1. The summed E-state index contributed by atoms with van der Waals surface area (Å²) in [4.78, 5) is 70.6. The molecule has 1 N–H and O–H groups in total. The number of methoxy groups -OCH3 is 1. The molecule has 1 aromatic rings. The first-order valence-electron chi connectivity index (χ1n) is 12.6. The summed E-state index contributed by atoms with van der Waals surface area (Å²) < 4.78 is 31.9. The molecule has 0 spiro atoms.